The first-order valence-corrected chi connectivity index (χ1v) is 15.1. The van der Waals surface area contributed by atoms with Crippen LogP contribution in [0.15, 0.2) is 127 Å². The van der Waals surface area contributed by atoms with Gasteiger partial charge in [0.15, 0.2) is 0 Å². The van der Waals surface area contributed by atoms with Crippen molar-refractivity contribution in [2.45, 2.75) is 57.3 Å². The zero-order valence-corrected chi connectivity index (χ0v) is 24.6. The molecule has 4 nitrogen and oxygen atoms in total. The minimum absolute atomic E-state index is 0.308. The third kappa shape index (κ3) is 10.9. The Balaban J connectivity index is 0.000000208. The van der Waals surface area contributed by atoms with Gasteiger partial charge in [0.1, 0.15) is 23.0 Å². The van der Waals surface area contributed by atoms with Gasteiger partial charge in [-0.15, -0.1) is 0 Å². The number of benzene rings is 5. The van der Waals surface area contributed by atoms with Crippen LogP contribution < -0.4 is 0 Å². The summed E-state index contributed by atoms with van der Waals surface area (Å²) in [5, 5.41) is 37.3. The van der Waals surface area contributed by atoms with Crippen LogP contribution in [0, 0.1) is 0 Å². The molecule has 0 saturated carbocycles. The smallest absolute Gasteiger partial charge is 0.115 e. The highest BCUT2D eigenvalue weighted by atomic mass is 16.3. The Hall–Kier alpha value is -4.70. The van der Waals surface area contributed by atoms with E-state index in [2.05, 4.69) is 24.3 Å². The SMILES string of the molecule is Oc1ccc(CCCCC(c2ccccc2)c2ccc(O)cc2)cc1.Oc1ccc(CCCCc2ccc(O)cc2)cc1. The van der Waals surface area contributed by atoms with E-state index in [1.54, 1.807) is 48.5 Å². The summed E-state index contributed by atoms with van der Waals surface area (Å²) in [6, 6.07) is 40.4. The maximum Gasteiger partial charge on any atom is 0.115 e. The molecule has 43 heavy (non-hydrogen) atoms. The van der Waals surface area contributed by atoms with Crippen LogP contribution in [0.1, 0.15) is 65.8 Å². The van der Waals surface area contributed by atoms with Gasteiger partial charge in [0.25, 0.3) is 0 Å². The Labute approximate surface area is 255 Å². The monoisotopic (exact) mass is 574 g/mol. The fraction of sp³-hybridized carbons (Fsp3) is 0.231. The van der Waals surface area contributed by atoms with Gasteiger partial charge < -0.3 is 20.4 Å². The van der Waals surface area contributed by atoms with E-state index in [-0.39, 0.29) is 0 Å². The number of phenolic OH excluding ortho intramolecular Hbond substituents is 4. The second-order valence-electron chi connectivity index (χ2n) is 11.0. The van der Waals surface area contributed by atoms with Crippen molar-refractivity contribution in [3.63, 3.8) is 0 Å². The summed E-state index contributed by atoms with van der Waals surface area (Å²) in [5.74, 6) is 1.62. The molecular formula is C39H42O4. The predicted molar refractivity (Wildman–Crippen MR) is 175 cm³/mol. The van der Waals surface area contributed by atoms with Crippen molar-refractivity contribution in [2.24, 2.45) is 0 Å². The van der Waals surface area contributed by atoms with Crippen LogP contribution in [0.25, 0.3) is 0 Å². The standard InChI is InChI=1S/C23H24O2.C16H18O2/c24-21-14-10-18(11-15-21)6-4-5-9-23(19-7-2-1-3-8-19)20-12-16-22(25)17-13-20;17-15-9-5-13(6-10-15)3-1-2-4-14-7-11-16(18)12-8-14/h1-3,7-8,10-17,23-25H,4-6,9H2;5-12,17-18H,1-4H2. The predicted octanol–water partition coefficient (Wildman–Crippen LogP) is 9.31. The van der Waals surface area contributed by atoms with Crippen molar-refractivity contribution < 1.29 is 20.4 Å². The molecule has 0 aliphatic carbocycles. The zero-order valence-electron chi connectivity index (χ0n) is 24.6. The number of hydrogen-bond acceptors (Lipinski definition) is 4. The summed E-state index contributed by atoms with van der Waals surface area (Å²) in [6.07, 6.45) is 8.69. The average Bonchev–Trinajstić information content (AvgIpc) is 3.03. The Morgan fingerprint density at radius 2 is 0.674 bits per heavy atom. The summed E-state index contributed by atoms with van der Waals surface area (Å²) in [7, 11) is 0. The molecule has 0 saturated heterocycles. The molecule has 0 radical (unpaired) electrons. The van der Waals surface area contributed by atoms with Crippen LogP contribution in [0.4, 0.5) is 0 Å². The van der Waals surface area contributed by atoms with Gasteiger partial charge in [-0.05, 0) is 121 Å². The van der Waals surface area contributed by atoms with E-state index in [1.807, 2.05) is 54.6 Å². The first-order valence-electron chi connectivity index (χ1n) is 15.1. The lowest BCUT2D eigenvalue weighted by atomic mass is 9.86. The number of unbranched alkanes of at least 4 members (excludes halogenated alkanes) is 2. The molecule has 0 spiro atoms. The molecule has 0 aliphatic heterocycles. The van der Waals surface area contributed by atoms with E-state index in [0.717, 1.165) is 51.4 Å². The molecular weight excluding hydrogens is 532 g/mol. The minimum atomic E-state index is 0.308. The van der Waals surface area contributed by atoms with E-state index in [0.29, 0.717) is 28.9 Å². The van der Waals surface area contributed by atoms with Gasteiger partial charge in [0.2, 0.25) is 0 Å². The van der Waals surface area contributed by atoms with Gasteiger partial charge in [0.05, 0.1) is 0 Å². The Morgan fingerprint density at radius 1 is 0.349 bits per heavy atom. The first-order chi connectivity index (χ1) is 21.0. The highest BCUT2D eigenvalue weighted by Gasteiger charge is 2.14. The third-order valence-electron chi connectivity index (χ3n) is 7.70. The van der Waals surface area contributed by atoms with E-state index in [4.69, 9.17) is 0 Å². The number of hydrogen-bond donors (Lipinski definition) is 4. The molecule has 0 heterocycles. The number of aryl methyl sites for hydroxylation is 3. The molecule has 4 heteroatoms. The number of phenols is 4. The maximum absolute atomic E-state index is 9.55. The molecule has 0 aromatic heterocycles. The molecule has 1 atom stereocenters. The lowest BCUT2D eigenvalue weighted by Crippen LogP contribution is -2.01. The lowest BCUT2D eigenvalue weighted by Gasteiger charge is -2.18. The minimum Gasteiger partial charge on any atom is -0.508 e. The Morgan fingerprint density at radius 3 is 1.07 bits per heavy atom. The maximum atomic E-state index is 9.55. The fourth-order valence-electron chi connectivity index (χ4n) is 5.24. The first kappa shape index (κ1) is 31.2. The van der Waals surface area contributed by atoms with Crippen molar-refractivity contribution in [1.29, 1.82) is 0 Å². The van der Waals surface area contributed by atoms with Gasteiger partial charge in [0, 0.05) is 5.92 Å². The second-order valence-corrected chi connectivity index (χ2v) is 11.0. The number of aromatic hydroxyl groups is 4. The van der Waals surface area contributed by atoms with Gasteiger partial charge >= 0.3 is 0 Å². The molecule has 4 N–H and O–H groups in total. The largest absolute Gasteiger partial charge is 0.508 e. The van der Waals surface area contributed by atoms with Crippen molar-refractivity contribution >= 4 is 0 Å². The summed E-state index contributed by atoms with van der Waals surface area (Å²) in [4.78, 5) is 0. The van der Waals surface area contributed by atoms with Crippen molar-refractivity contribution in [1.82, 2.24) is 0 Å². The van der Waals surface area contributed by atoms with E-state index >= 15 is 0 Å². The molecule has 0 bridgehead atoms. The molecule has 1 unspecified atom stereocenters. The normalized spacial score (nSPS) is 11.3. The third-order valence-corrected chi connectivity index (χ3v) is 7.70. The highest BCUT2D eigenvalue weighted by Crippen LogP contribution is 2.31. The van der Waals surface area contributed by atoms with Gasteiger partial charge in [-0.3, -0.25) is 0 Å². The molecule has 5 aromatic carbocycles. The quantitative estimate of drug-likeness (QED) is 0.112. The summed E-state index contributed by atoms with van der Waals surface area (Å²) in [6.45, 7) is 0. The van der Waals surface area contributed by atoms with Crippen LogP contribution >= 0.6 is 0 Å². The zero-order chi connectivity index (χ0) is 30.3. The van der Waals surface area contributed by atoms with Crippen molar-refractivity contribution in [2.75, 3.05) is 0 Å². The topological polar surface area (TPSA) is 80.9 Å². The van der Waals surface area contributed by atoms with E-state index < -0.39 is 0 Å². The van der Waals surface area contributed by atoms with Gasteiger partial charge in [-0.1, -0.05) is 85.3 Å². The van der Waals surface area contributed by atoms with Crippen LogP contribution in [0.5, 0.6) is 23.0 Å². The lowest BCUT2D eigenvalue weighted by molar-refractivity contribution is 0.474. The second kappa shape index (κ2) is 16.7. The van der Waals surface area contributed by atoms with E-state index in [9.17, 15) is 20.4 Å². The summed E-state index contributed by atoms with van der Waals surface area (Å²) < 4.78 is 0. The molecule has 0 amide bonds. The van der Waals surface area contributed by atoms with Crippen molar-refractivity contribution in [3.8, 4) is 23.0 Å². The Kier molecular flexibility index (Phi) is 12.1. The fourth-order valence-corrected chi connectivity index (χ4v) is 5.24. The number of rotatable bonds is 12. The van der Waals surface area contributed by atoms with Crippen LogP contribution in [-0.4, -0.2) is 20.4 Å². The van der Waals surface area contributed by atoms with E-state index in [1.165, 1.54) is 27.8 Å². The molecule has 222 valence electrons. The van der Waals surface area contributed by atoms with Crippen LogP contribution in [-0.2, 0) is 19.3 Å². The molecule has 0 aliphatic rings. The molecule has 5 rings (SSSR count). The summed E-state index contributed by atoms with van der Waals surface area (Å²) in [5.41, 5.74) is 6.35. The van der Waals surface area contributed by atoms with Crippen LogP contribution in [0.2, 0.25) is 0 Å². The van der Waals surface area contributed by atoms with Gasteiger partial charge in [-0.25, -0.2) is 0 Å². The van der Waals surface area contributed by atoms with Gasteiger partial charge in [-0.2, -0.15) is 0 Å². The average molecular weight is 575 g/mol. The van der Waals surface area contributed by atoms with Crippen molar-refractivity contribution in [3.05, 3.63) is 155 Å². The van der Waals surface area contributed by atoms with Crippen LogP contribution in [0.3, 0.4) is 0 Å². The highest BCUT2D eigenvalue weighted by molar-refractivity contribution is 5.35. The molecule has 0 fully saturated rings. The summed E-state index contributed by atoms with van der Waals surface area (Å²) >= 11 is 0. The Bertz CT molecular complexity index is 1410. The molecule has 5 aromatic rings.